The Hall–Kier alpha value is -3.24. The van der Waals surface area contributed by atoms with Gasteiger partial charge in [-0.05, 0) is 42.7 Å². The zero-order valence-electron chi connectivity index (χ0n) is 20.2. The summed E-state index contributed by atoms with van der Waals surface area (Å²) in [7, 11) is -2.95. The molecule has 0 aliphatic rings. The second-order valence-electron chi connectivity index (χ2n) is 7.66. The number of anilines is 1. The van der Waals surface area contributed by atoms with Gasteiger partial charge >= 0.3 is 11.9 Å². The summed E-state index contributed by atoms with van der Waals surface area (Å²) < 4.78 is 39.1. The minimum Gasteiger partial charge on any atom is -0.467 e. The second-order valence-corrected chi connectivity index (χ2v) is 9.30. The molecule has 0 fully saturated rings. The number of amides is 1. The number of ether oxygens (including phenoxy) is 2. The van der Waals surface area contributed by atoms with Crippen LogP contribution in [0.3, 0.4) is 0 Å². The van der Waals surface area contributed by atoms with Crippen LogP contribution in [0.2, 0.25) is 0 Å². The normalized spacial score (nSPS) is 11.1. The van der Waals surface area contributed by atoms with Gasteiger partial charge in [0.25, 0.3) is 10.1 Å². The maximum atomic E-state index is 13.1. The van der Waals surface area contributed by atoms with Crippen molar-refractivity contribution in [3.05, 3.63) is 65.2 Å². The number of hydrogen-bond acceptors (Lipinski definition) is 8. The monoisotopic (exact) mass is 505 g/mol. The Morgan fingerprint density at radius 1 is 0.971 bits per heavy atom. The minimum absolute atomic E-state index is 0.0809. The topological polar surface area (TPSA) is 116 Å². The first kappa shape index (κ1) is 28.0. The summed E-state index contributed by atoms with van der Waals surface area (Å²) in [5, 5.41) is 0. The third-order valence-electron chi connectivity index (χ3n) is 5.08. The van der Waals surface area contributed by atoms with Crippen LogP contribution in [0.4, 0.5) is 5.69 Å². The van der Waals surface area contributed by atoms with Crippen LogP contribution >= 0.6 is 0 Å². The molecule has 0 radical (unpaired) electrons. The van der Waals surface area contributed by atoms with E-state index in [-0.39, 0.29) is 19.1 Å². The zero-order chi connectivity index (χ0) is 25.8. The molecule has 2 rings (SSSR count). The van der Waals surface area contributed by atoms with Crippen molar-refractivity contribution in [3.8, 4) is 0 Å². The number of methoxy groups -OCH3 is 1. The van der Waals surface area contributed by atoms with Gasteiger partial charge in [0.15, 0.2) is 6.61 Å². The Bertz CT molecular complexity index is 1130. The Balaban J connectivity index is 2.36. The van der Waals surface area contributed by atoms with Gasteiger partial charge in [0.2, 0.25) is 5.91 Å². The van der Waals surface area contributed by atoms with Gasteiger partial charge in [-0.1, -0.05) is 43.7 Å². The highest BCUT2D eigenvalue weighted by Crippen LogP contribution is 2.24. The fourth-order valence-electron chi connectivity index (χ4n) is 3.25. The van der Waals surface area contributed by atoms with Crippen LogP contribution in [0, 0.1) is 0 Å². The Labute approximate surface area is 206 Å². The van der Waals surface area contributed by atoms with Crippen molar-refractivity contribution in [2.45, 2.75) is 45.4 Å². The average molecular weight is 506 g/mol. The molecule has 0 saturated heterocycles. The van der Waals surface area contributed by atoms with Crippen LogP contribution in [0.25, 0.3) is 0 Å². The zero-order valence-corrected chi connectivity index (χ0v) is 21.0. The lowest BCUT2D eigenvalue weighted by Gasteiger charge is -2.25. The predicted molar refractivity (Wildman–Crippen MR) is 130 cm³/mol. The Kier molecular flexibility index (Phi) is 10.9. The molecule has 0 N–H and O–H groups in total. The van der Waals surface area contributed by atoms with E-state index in [2.05, 4.69) is 4.74 Å². The molecule has 0 unspecified atom stereocenters. The molecule has 0 aromatic heterocycles. The van der Waals surface area contributed by atoms with Gasteiger partial charge in [-0.25, -0.2) is 9.59 Å². The van der Waals surface area contributed by atoms with Gasteiger partial charge in [0.05, 0.1) is 25.8 Å². The van der Waals surface area contributed by atoms with E-state index in [0.717, 1.165) is 13.5 Å². The third-order valence-corrected chi connectivity index (χ3v) is 6.22. The Morgan fingerprint density at radius 2 is 1.69 bits per heavy atom. The summed E-state index contributed by atoms with van der Waals surface area (Å²) in [5.74, 6) is -1.95. The molecule has 0 heterocycles. The molecule has 0 atom stereocenters. The highest BCUT2D eigenvalue weighted by atomic mass is 32.2. The van der Waals surface area contributed by atoms with Crippen LogP contribution in [-0.2, 0) is 45.7 Å². The number of rotatable bonds is 13. The second kappa shape index (κ2) is 13.6. The maximum absolute atomic E-state index is 13.1. The summed E-state index contributed by atoms with van der Waals surface area (Å²) >= 11 is 0. The Morgan fingerprint density at radius 3 is 2.34 bits per heavy atom. The molecule has 0 spiro atoms. The fraction of sp³-hybridized carbons (Fsp3) is 0.400. The number of hydrogen-bond donors (Lipinski definition) is 0. The summed E-state index contributed by atoms with van der Waals surface area (Å²) in [6.45, 7) is 3.28. The van der Waals surface area contributed by atoms with Gasteiger partial charge in [0, 0.05) is 12.1 Å². The molecule has 2 aromatic carbocycles. The van der Waals surface area contributed by atoms with Gasteiger partial charge in [0.1, 0.15) is 5.75 Å². The van der Waals surface area contributed by atoms with Crippen LogP contribution in [-0.4, -0.2) is 46.6 Å². The highest BCUT2D eigenvalue weighted by Gasteiger charge is 2.22. The van der Waals surface area contributed by atoms with E-state index in [1.165, 1.54) is 4.90 Å². The van der Waals surface area contributed by atoms with Crippen LogP contribution < -0.4 is 4.90 Å². The molecule has 2 aromatic rings. The number of carbonyl (C=O) groups is 3. The summed E-state index contributed by atoms with van der Waals surface area (Å²) in [6.07, 6.45) is 1.81. The fourth-order valence-corrected chi connectivity index (χ4v) is 4.28. The molecule has 1 amide bonds. The molecule has 0 aliphatic carbocycles. The lowest BCUT2D eigenvalue weighted by atomic mass is 10.1. The highest BCUT2D eigenvalue weighted by molar-refractivity contribution is 7.85. The minimum atomic E-state index is -4.09. The molecule has 0 bridgehead atoms. The molecular weight excluding hydrogens is 474 g/mol. The summed E-state index contributed by atoms with van der Waals surface area (Å²) in [4.78, 5) is 38.2. The lowest BCUT2D eigenvalue weighted by Crippen LogP contribution is -2.31. The van der Waals surface area contributed by atoms with Crippen molar-refractivity contribution in [1.82, 2.24) is 0 Å². The van der Waals surface area contributed by atoms with E-state index in [4.69, 9.17) is 8.92 Å². The molecule has 9 nitrogen and oxygen atoms in total. The molecule has 0 aliphatic heterocycles. The largest absolute Gasteiger partial charge is 0.467 e. The van der Waals surface area contributed by atoms with E-state index < -0.39 is 34.4 Å². The van der Waals surface area contributed by atoms with Crippen molar-refractivity contribution in [2.75, 3.05) is 25.2 Å². The molecule has 10 heteroatoms. The lowest BCUT2D eigenvalue weighted by molar-refractivity contribution is -0.142. The van der Waals surface area contributed by atoms with Crippen LogP contribution in [0.15, 0.2) is 48.5 Å². The van der Waals surface area contributed by atoms with Gasteiger partial charge in [-0.15, -0.1) is 0 Å². The van der Waals surface area contributed by atoms with Gasteiger partial charge in [-0.2, -0.15) is 8.42 Å². The summed E-state index contributed by atoms with van der Waals surface area (Å²) in [5.41, 5.74) is 1.82. The average Bonchev–Trinajstić information content (AvgIpc) is 2.85. The number of benzene rings is 2. The molecule has 190 valence electrons. The molecular formula is C25H31NO8S. The van der Waals surface area contributed by atoms with E-state index in [1.807, 2.05) is 6.92 Å². The first-order valence-corrected chi connectivity index (χ1v) is 12.9. The maximum Gasteiger partial charge on any atom is 0.338 e. The number of nitrogens with zero attached hydrogens (tertiary/aromatic N) is 1. The van der Waals surface area contributed by atoms with Crippen molar-refractivity contribution in [1.29, 1.82) is 0 Å². The first-order chi connectivity index (χ1) is 16.7. The predicted octanol–water partition coefficient (Wildman–Crippen LogP) is 3.61. The quantitative estimate of drug-likeness (QED) is 0.299. The van der Waals surface area contributed by atoms with E-state index in [1.54, 1.807) is 55.5 Å². The third kappa shape index (κ3) is 8.80. The van der Waals surface area contributed by atoms with Crippen LogP contribution in [0.1, 0.15) is 54.6 Å². The number of esters is 2. The summed E-state index contributed by atoms with van der Waals surface area (Å²) in [6, 6.07) is 13.3. The SMILES string of the molecule is CCCCC(=O)N(Cc1ccccc1CS(=O)(=O)OCC(=O)OC)c1cccc(C(=O)OCC)c1. The number of carbonyl (C=O) groups excluding carboxylic acids is 3. The first-order valence-electron chi connectivity index (χ1n) is 11.3. The van der Waals surface area contributed by atoms with Crippen molar-refractivity contribution in [2.24, 2.45) is 0 Å². The molecule has 0 saturated carbocycles. The molecule has 35 heavy (non-hydrogen) atoms. The number of unbranched alkanes of at least 4 members (excludes halogenated alkanes) is 1. The van der Waals surface area contributed by atoms with E-state index >= 15 is 0 Å². The van der Waals surface area contributed by atoms with E-state index in [0.29, 0.717) is 35.2 Å². The van der Waals surface area contributed by atoms with Crippen molar-refractivity contribution in [3.63, 3.8) is 0 Å². The van der Waals surface area contributed by atoms with Crippen molar-refractivity contribution >= 4 is 33.7 Å². The van der Waals surface area contributed by atoms with E-state index in [9.17, 15) is 22.8 Å². The van der Waals surface area contributed by atoms with Crippen LogP contribution in [0.5, 0.6) is 0 Å². The van der Waals surface area contributed by atoms with Gasteiger partial charge < -0.3 is 14.4 Å². The standard InChI is InChI=1S/C25H31NO8S/c1-4-6-14-23(27)26(22-13-9-12-19(15-22)25(29)33-5-2)16-20-10-7-8-11-21(20)18-35(30,31)34-17-24(28)32-3/h7-13,15H,4-6,14,16-18H2,1-3H3. The van der Waals surface area contributed by atoms with Gasteiger partial charge in [-0.3, -0.25) is 8.98 Å². The smallest absolute Gasteiger partial charge is 0.338 e. The van der Waals surface area contributed by atoms with Crippen molar-refractivity contribution < 1.29 is 36.5 Å².